The molecule has 1 aromatic carbocycles. The fraction of sp³-hybridized carbons (Fsp3) is 0.643. The molecule has 9 nitrogen and oxygen atoms in total. The van der Waals surface area contributed by atoms with Gasteiger partial charge in [0.15, 0.2) is 11.5 Å². The largest absolute Gasteiger partial charge is 0.468 e. The maximum Gasteiger partial charge on any atom is 0.326 e. The molecule has 3 unspecified atom stereocenters. The fourth-order valence-electron chi connectivity index (χ4n) is 3.43. The van der Waals surface area contributed by atoms with Crippen molar-refractivity contribution in [3.63, 3.8) is 0 Å². The molecule has 0 amide bonds. The van der Waals surface area contributed by atoms with Gasteiger partial charge in [-0.2, -0.15) is 0 Å². The number of rotatable bonds is 15. The molecule has 0 saturated carbocycles. The molecular weight excluding hydrogens is 478 g/mol. The van der Waals surface area contributed by atoms with Gasteiger partial charge in [0.05, 0.1) is 31.5 Å². The second-order valence-electron chi connectivity index (χ2n) is 9.67. The summed E-state index contributed by atoms with van der Waals surface area (Å²) >= 11 is 0. The van der Waals surface area contributed by atoms with Crippen LogP contribution in [0.5, 0.6) is 11.5 Å². The Bertz CT molecular complexity index is 931. The van der Waals surface area contributed by atoms with Gasteiger partial charge in [-0.05, 0) is 37.0 Å². The van der Waals surface area contributed by atoms with Crippen molar-refractivity contribution >= 4 is 23.9 Å². The van der Waals surface area contributed by atoms with Crippen molar-refractivity contribution < 1.29 is 38.1 Å². The molecule has 0 aliphatic heterocycles. The fourth-order valence-corrected chi connectivity index (χ4v) is 3.43. The van der Waals surface area contributed by atoms with Gasteiger partial charge < -0.3 is 24.7 Å². The number of benzene rings is 1. The molecule has 0 heterocycles. The van der Waals surface area contributed by atoms with Crippen LogP contribution in [0.3, 0.4) is 0 Å². The van der Waals surface area contributed by atoms with Crippen LogP contribution < -0.4 is 15.2 Å². The molecule has 2 N–H and O–H groups in total. The van der Waals surface area contributed by atoms with Gasteiger partial charge in [0.1, 0.15) is 5.54 Å². The molecule has 0 radical (unpaired) electrons. The van der Waals surface area contributed by atoms with Gasteiger partial charge >= 0.3 is 23.9 Å². The molecule has 4 atom stereocenters. The zero-order valence-electron chi connectivity index (χ0n) is 23.3. The van der Waals surface area contributed by atoms with Crippen LogP contribution in [0.2, 0.25) is 0 Å². The number of hydrogen-bond donors (Lipinski definition) is 1. The van der Waals surface area contributed by atoms with Gasteiger partial charge in [-0.3, -0.25) is 19.2 Å². The summed E-state index contributed by atoms with van der Waals surface area (Å²) in [6.07, 6.45) is 2.76. The number of hydrogen-bond acceptors (Lipinski definition) is 9. The highest BCUT2D eigenvalue weighted by Gasteiger charge is 2.36. The minimum Gasteiger partial charge on any atom is -0.468 e. The van der Waals surface area contributed by atoms with E-state index in [-0.39, 0.29) is 54.7 Å². The van der Waals surface area contributed by atoms with Crippen LogP contribution in [0.1, 0.15) is 79.2 Å². The number of methoxy groups -OCH3 is 1. The first kappa shape index (κ1) is 32.1. The van der Waals surface area contributed by atoms with Gasteiger partial charge in [-0.15, -0.1) is 0 Å². The summed E-state index contributed by atoms with van der Waals surface area (Å²) in [6, 6.07) is 4.68. The summed E-state index contributed by atoms with van der Waals surface area (Å²) in [7, 11) is 1.23. The quantitative estimate of drug-likeness (QED) is 0.264. The lowest BCUT2D eigenvalue weighted by molar-refractivity contribution is -0.153. The van der Waals surface area contributed by atoms with Crippen molar-refractivity contribution in [1.29, 1.82) is 0 Å². The van der Waals surface area contributed by atoms with Crippen molar-refractivity contribution in [3.8, 4) is 11.5 Å². The van der Waals surface area contributed by atoms with E-state index < -0.39 is 23.4 Å². The lowest BCUT2D eigenvalue weighted by atomic mass is 9.88. The first-order valence-electron chi connectivity index (χ1n) is 13.0. The Labute approximate surface area is 220 Å². The van der Waals surface area contributed by atoms with Crippen LogP contribution in [-0.2, 0) is 35.1 Å². The van der Waals surface area contributed by atoms with Gasteiger partial charge in [0, 0.05) is 12.8 Å². The van der Waals surface area contributed by atoms with E-state index in [1.165, 1.54) is 19.2 Å². The molecule has 0 bridgehead atoms. The van der Waals surface area contributed by atoms with Crippen LogP contribution in [0, 0.1) is 17.8 Å². The van der Waals surface area contributed by atoms with Gasteiger partial charge in [0.25, 0.3) is 0 Å². The second-order valence-corrected chi connectivity index (χ2v) is 9.67. The zero-order chi connectivity index (χ0) is 28.2. The molecule has 9 heteroatoms. The number of nitrogens with two attached hydrogens (primary N) is 1. The minimum atomic E-state index is -1.50. The average Bonchev–Trinajstić information content (AvgIpc) is 2.88. The van der Waals surface area contributed by atoms with E-state index in [1.807, 2.05) is 20.8 Å². The molecule has 1 rings (SSSR count). The van der Waals surface area contributed by atoms with E-state index >= 15 is 0 Å². The van der Waals surface area contributed by atoms with Crippen LogP contribution in [0.25, 0.3) is 0 Å². The van der Waals surface area contributed by atoms with Crippen LogP contribution in [0.4, 0.5) is 0 Å². The van der Waals surface area contributed by atoms with E-state index in [2.05, 4.69) is 0 Å². The third kappa shape index (κ3) is 9.80. The Morgan fingerprint density at radius 2 is 1.43 bits per heavy atom. The van der Waals surface area contributed by atoms with E-state index in [0.717, 1.165) is 6.42 Å². The zero-order valence-corrected chi connectivity index (χ0v) is 23.3. The Hall–Kier alpha value is -2.94. The summed E-state index contributed by atoms with van der Waals surface area (Å²) < 4.78 is 21.3. The Kier molecular flexibility index (Phi) is 13.3. The second kappa shape index (κ2) is 15.3. The smallest absolute Gasteiger partial charge is 0.326 e. The lowest BCUT2D eigenvalue weighted by Crippen LogP contribution is -2.51. The molecular formula is C28H43NO8. The van der Waals surface area contributed by atoms with Gasteiger partial charge in [-0.1, -0.05) is 54.0 Å². The highest BCUT2D eigenvalue weighted by molar-refractivity contribution is 5.81. The van der Waals surface area contributed by atoms with Crippen molar-refractivity contribution in [2.24, 2.45) is 23.5 Å². The monoisotopic (exact) mass is 521 g/mol. The Morgan fingerprint density at radius 1 is 0.865 bits per heavy atom. The van der Waals surface area contributed by atoms with E-state index in [9.17, 15) is 19.2 Å². The molecule has 0 saturated heterocycles. The predicted octanol–water partition coefficient (Wildman–Crippen LogP) is 4.37. The summed E-state index contributed by atoms with van der Waals surface area (Å²) in [5.74, 6) is -2.72. The molecule has 0 aromatic heterocycles. The molecule has 0 aliphatic carbocycles. The predicted molar refractivity (Wildman–Crippen MR) is 139 cm³/mol. The first-order valence-corrected chi connectivity index (χ1v) is 13.0. The molecule has 0 aliphatic rings. The molecule has 208 valence electrons. The third-order valence-corrected chi connectivity index (χ3v) is 6.49. The normalized spacial score (nSPS) is 15.0. The van der Waals surface area contributed by atoms with Crippen LogP contribution >= 0.6 is 0 Å². The first-order chi connectivity index (χ1) is 17.4. The number of carbonyl (C=O) groups excluding carboxylic acids is 4. The molecule has 0 spiro atoms. The topological polar surface area (TPSA) is 131 Å². The third-order valence-electron chi connectivity index (χ3n) is 6.49. The van der Waals surface area contributed by atoms with Gasteiger partial charge in [-0.25, -0.2) is 0 Å². The summed E-state index contributed by atoms with van der Waals surface area (Å²) in [5.41, 5.74) is 5.49. The number of carbonyl (C=O) groups is 4. The van der Waals surface area contributed by atoms with E-state index in [4.69, 9.17) is 24.7 Å². The summed E-state index contributed by atoms with van der Waals surface area (Å²) in [5, 5.41) is 0. The Morgan fingerprint density at radius 3 is 1.95 bits per heavy atom. The Balaban J connectivity index is 3.20. The number of esters is 4. The minimum absolute atomic E-state index is 0.00914. The molecule has 1 aromatic rings. The maximum atomic E-state index is 12.6. The maximum absolute atomic E-state index is 12.6. The van der Waals surface area contributed by atoms with Crippen molar-refractivity contribution in [2.45, 2.75) is 85.6 Å². The van der Waals surface area contributed by atoms with Crippen molar-refractivity contribution in [2.75, 3.05) is 13.7 Å². The van der Waals surface area contributed by atoms with Crippen LogP contribution in [-0.4, -0.2) is 43.1 Å². The summed E-state index contributed by atoms with van der Waals surface area (Å²) in [4.78, 5) is 49.7. The number of ether oxygens (including phenoxy) is 4. The SMILES string of the molecule is CCCC(C)C(=O)OCC[C@@](N)(Cc1ccc(OC(=O)C(C)CC)c(OC(=O)C(C)CC)c1)C(=O)OC. The highest BCUT2D eigenvalue weighted by Crippen LogP contribution is 2.32. The van der Waals surface area contributed by atoms with E-state index in [1.54, 1.807) is 26.8 Å². The standard InChI is InChI=1S/C28H43NO8/c1-8-11-20(6)24(30)35-15-14-28(29,27(33)34-7)17-21-12-13-22(36-25(31)18(4)9-2)23(16-21)37-26(32)19(5)10-3/h12-13,16,18-20H,8-11,14-15,17,29H2,1-7H3/t18?,19?,20?,28-/m1/s1. The van der Waals surface area contributed by atoms with Crippen LogP contribution in [0.15, 0.2) is 18.2 Å². The average molecular weight is 522 g/mol. The highest BCUT2D eigenvalue weighted by atomic mass is 16.6. The summed E-state index contributed by atoms with van der Waals surface area (Å²) in [6.45, 7) is 10.9. The van der Waals surface area contributed by atoms with Gasteiger partial charge in [0.2, 0.25) is 0 Å². The van der Waals surface area contributed by atoms with Crippen molar-refractivity contribution in [1.82, 2.24) is 0 Å². The molecule has 37 heavy (non-hydrogen) atoms. The lowest BCUT2D eigenvalue weighted by Gasteiger charge is -2.27. The van der Waals surface area contributed by atoms with E-state index in [0.29, 0.717) is 24.8 Å². The molecule has 0 fully saturated rings. The van der Waals surface area contributed by atoms with Crippen molar-refractivity contribution in [3.05, 3.63) is 23.8 Å².